The number of carbonyl (C=O) groups is 3. The monoisotopic (exact) mass is 538 g/mol. The van der Waals surface area contributed by atoms with Gasteiger partial charge in [-0.1, -0.05) is 46.8 Å². The number of Topliss-reactive ketones (excluding diaryl/α,β-unsaturated/α-hetero) is 1. The fourth-order valence-electron chi connectivity index (χ4n) is 11.8. The van der Waals surface area contributed by atoms with E-state index in [0.717, 1.165) is 51.4 Å². The zero-order valence-electron chi connectivity index (χ0n) is 25.2. The SMILES string of the molecule is C=C(C)[C@@H]1CC[C@]2(C(=O)OC)CC[C@]3(C)[C@H](CC[C@@H]4[C@@]5(C)C/C(=C/NC(N)=O)C(=O)C(C)(C)[C@@H]5CC[C@]43C)[C@@H]12. The van der Waals surface area contributed by atoms with Crippen LogP contribution in [0.5, 0.6) is 0 Å². The van der Waals surface area contributed by atoms with E-state index in [1.54, 1.807) is 13.3 Å². The lowest BCUT2D eigenvalue weighted by atomic mass is 9.32. The van der Waals surface area contributed by atoms with Gasteiger partial charge in [0.1, 0.15) is 0 Å². The van der Waals surface area contributed by atoms with Gasteiger partial charge in [-0.15, -0.1) is 0 Å². The van der Waals surface area contributed by atoms with Crippen LogP contribution in [0.3, 0.4) is 0 Å². The molecule has 3 N–H and O–H groups in total. The van der Waals surface area contributed by atoms with E-state index in [1.165, 1.54) is 5.57 Å². The molecule has 0 aromatic rings. The highest BCUT2D eigenvalue weighted by Gasteiger charge is 2.72. The minimum atomic E-state index is -0.637. The van der Waals surface area contributed by atoms with E-state index in [4.69, 9.17) is 10.5 Å². The van der Waals surface area contributed by atoms with Crippen molar-refractivity contribution in [3.63, 3.8) is 0 Å². The second kappa shape index (κ2) is 8.94. The van der Waals surface area contributed by atoms with Crippen molar-refractivity contribution in [1.29, 1.82) is 0 Å². The Kier molecular flexibility index (Phi) is 6.52. The first kappa shape index (κ1) is 28.4. The van der Waals surface area contributed by atoms with Crippen molar-refractivity contribution in [2.45, 2.75) is 99.3 Å². The van der Waals surface area contributed by atoms with Gasteiger partial charge in [-0.2, -0.15) is 0 Å². The smallest absolute Gasteiger partial charge is 0.316 e. The lowest BCUT2D eigenvalue weighted by Crippen LogP contribution is -2.67. The largest absolute Gasteiger partial charge is 0.469 e. The molecule has 0 heterocycles. The van der Waals surface area contributed by atoms with E-state index in [0.29, 0.717) is 29.7 Å². The summed E-state index contributed by atoms with van der Waals surface area (Å²) < 4.78 is 5.49. The molecule has 5 saturated carbocycles. The molecule has 0 spiro atoms. The molecule has 6 heteroatoms. The third kappa shape index (κ3) is 3.61. The quantitative estimate of drug-likeness (QED) is 0.242. The number of ketones is 1. The Balaban J connectivity index is 1.57. The first-order chi connectivity index (χ1) is 18.1. The molecule has 216 valence electrons. The Labute approximate surface area is 234 Å². The van der Waals surface area contributed by atoms with Gasteiger partial charge in [0.2, 0.25) is 0 Å². The number of hydrogen-bond acceptors (Lipinski definition) is 4. The van der Waals surface area contributed by atoms with Crippen molar-refractivity contribution in [3.05, 3.63) is 23.9 Å². The molecule has 0 aromatic heterocycles. The van der Waals surface area contributed by atoms with Crippen LogP contribution in [0.1, 0.15) is 99.3 Å². The number of nitrogens with one attached hydrogen (secondary N) is 1. The molecule has 9 atom stereocenters. The van der Waals surface area contributed by atoms with Crippen LogP contribution in [-0.4, -0.2) is 24.9 Å². The summed E-state index contributed by atoms with van der Waals surface area (Å²) >= 11 is 0. The maximum atomic E-state index is 13.6. The number of methoxy groups -OCH3 is 1. The molecule has 5 fully saturated rings. The predicted molar refractivity (Wildman–Crippen MR) is 152 cm³/mol. The lowest BCUT2D eigenvalue weighted by Gasteiger charge is -2.72. The van der Waals surface area contributed by atoms with Gasteiger partial charge in [-0.25, -0.2) is 4.79 Å². The van der Waals surface area contributed by atoms with Crippen LogP contribution < -0.4 is 11.1 Å². The highest BCUT2D eigenvalue weighted by molar-refractivity contribution is 6.01. The summed E-state index contributed by atoms with van der Waals surface area (Å²) in [6.45, 7) is 18.3. The molecule has 39 heavy (non-hydrogen) atoms. The molecule has 0 saturated heterocycles. The maximum Gasteiger partial charge on any atom is 0.316 e. The normalized spacial score (nSPS) is 47.3. The predicted octanol–water partition coefficient (Wildman–Crippen LogP) is 6.55. The molecule has 0 bridgehead atoms. The Bertz CT molecular complexity index is 1140. The molecule has 0 unspecified atom stereocenters. The van der Waals surface area contributed by atoms with Crippen molar-refractivity contribution in [1.82, 2.24) is 5.32 Å². The van der Waals surface area contributed by atoms with Gasteiger partial charge in [0.05, 0.1) is 12.5 Å². The van der Waals surface area contributed by atoms with E-state index in [-0.39, 0.29) is 45.2 Å². The third-order valence-electron chi connectivity index (χ3n) is 13.6. The zero-order valence-corrected chi connectivity index (χ0v) is 25.2. The summed E-state index contributed by atoms with van der Waals surface area (Å²) in [5, 5.41) is 2.60. The van der Waals surface area contributed by atoms with Crippen LogP contribution in [0.2, 0.25) is 0 Å². The van der Waals surface area contributed by atoms with E-state index < -0.39 is 11.4 Å². The topological polar surface area (TPSA) is 98.5 Å². The minimum absolute atomic E-state index is 0.00878. The average molecular weight is 539 g/mol. The average Bonchev–Trinajstić information content (AvgIpc) is 3.26. The molecule has 2 amide bonds. The van der Waals surface area contributed by atoms with Gasteiger partial charge in [0.15, 0.2) is 5.78 Å². The molecular weight excluding hydrogens is 488 g/mol. The van der Waals surface area contributed by atoms with Crippen LogP contribution >= 0.6 is 0 Å². The molecule has 5 aliphatic carbocycles. The number of amides is 2. The van der Waals surface area contributed by atoms with Gasteiger partial charge < -0.3 is 15.8 Å². The minimum Gasteiger partial charge on any atom is -0.469 e. The number of rotatable bonds is 3. The molecule has 0 radical (unpaired) electrons. The lowest BCUT2D eigenvalue weighted by molar-refractivity contribution is -0.232. The van der Waals surface area contributed by atoms with Gasteiger partial charge in [-0.05, 0) is 111 Å². The molecule has 0 aromatic carbocycles. The number of nitrogens with two attached hydrogens (primary N) is 1. The Morgan fingerprint density at radius 3 is 2.28 bits per heavy atom. The number of allylic oxidation sites excluding steroid dienone is 2. The fourth-order valence-corrected chi connectivity index (χ4v) is 11.8. The van der Waals surface area contributed by atoms with Crippen molar-refractivity contribution in [2.75, 3.05) is 7.11 Å². The second-order valence-electron chi connectivity index (χ2n) is 15.2. The van der Waals surface area contributed by atoms with E-state index in [1.807, 2.05) is 0 Å². The molecule has 6 nitrogen and oxygen atoms in total. The number of ether oxygens (including phenoxy) is 1. The van der Waals surface area contributed by atoms with E-state index >= 15 is 0 Å². The van der Waals surface area contributed by atoms with E-state index in [2.05, 4.69) is 53.4 Å². The summed E-state index contributed by atoms with van der Waals surface area (Å²) in [5.41, 5.74) is 6.51. The summed E-state index contributed by atoms with van der Waals surface area (Å²) in [7, 11) is 1.56. The molecule has 0 aliphatic heterocycles. The maximum absolute atomic E-state index is 13.6. The van der Waals surface area contributed by atoms with Crippen LogP contribution in [0.4, 0.5) is 4.79 Å². The highest BCUT2D eigenvalue weighted by atomic mass is 16.5. The van der Waals surface area contributed by atoms with Gasteiger partial charge >= 0.3 is 12.0 Å². The second-order valence-corrected chi connectivity index (χ2v) is 15.2. The molecule has 5 rings (SSSR count). The van der Waals surface area contributed by atoms with Crippen molar-refractivity contribution in [2.24, 2.45) is 62.4 Å². The van der Waals surface area contributed by atoms with Crippen molar-refractivity contribution < 1.29 is 19.1 Å². The fraction of sp³-hybridized carbons (Fsp3) is 0.788. The number of hydrogen-bond donors (Lipinski definition) is 2. The Morgan fingerprint density at radius 1 is 0.974 bits per heavy atom. The first-order valence-corrected chi connectivity index (χ1v) is 15.1. The van der Waals surface area contributed by atoms with Gasteiger partial charge in [-0.3, -0.25) is 9.59 Å². The summed E-state index contributed by atoms with van der Waals surface area (Å²) in [4.78, 5) is 38.6. The number of fused-ring (bicyclic) bond motifs is 7. The van der Waals surface area contributed by atoms with Crippen LogP contribution in [0.25, 0.3) is 0 Å². The molecular formula is C33H50N2O4. The van der Waals surface area contributed by atoms with Crippen molar-refractivity contribution >= 4 is 17.8 Å². The summed E-state index contributed by atoms with van der Waals surface area (Å²) in [6.07, 6.45) is 10.4. The Hall–Kier alpha value is -2.11. The highest BCUT2D eigenvalue weighted by Crippen LogP contribution is 2.77. The Morgan fingerprint density at radius 2 is 1.67 bits per heavy atom. The van der Waals surface area contributed by atoms with Crippen LogP contribution in [0.15, 0.2) is 23.9 Å². The third-order valence-corrected chi connectivity index (χ3v) is 13.6. The van der Waals surface area contributed by atoms with Crippen LogP contribution in [-0.2, 0) is 14.3 Å². The number of urea groups is 1. The zero-order chi connectivity index (χ0) is 28.8. The van der Waals surface area contributed by atoms with Crippen molar-refractivity contribution in [3.8, 4) is 0 Å². The first-order valence-electron chi connectivity index (χ1n) is 15.1. The van der Waals surface area contributed by atoms with Crippen LogP contribution in [0, 0.1) is 56.7 Å². The summed E-state index contributed by atoms with van der Waals surface area (Å²) in [6, 6.07) is -0.637. The summed E-state index contributed by atoms with van der Waals surface area (Å²) in [5.74, 6) is 1.95. The van der Waals surface area contributed by atoms with Gasteiger partial charge in [0, 0.05) is 17.2 Å². The number of esters is 1. The molecule has 5 aliphatic rings. The number of carbonyl (C=O) groups excluding carboxylic acids is 3. The van der Waals surface area contributed by atoms with Gasteiger partial charge in [0.25, 0.3) is 0 Å². The number of primary amides is 1. The van der Waals surface area contributed by atoms with E-state index in [9.17, 15) is 14.4 Å². The standard InChI is InChI=1S/C33H50N2O4/c1-19(2)21-11-14-33(27(37)39-8)16-15-31(6)22(25(21)33)9-10-24-30(5)17-20(18-35-28(34)38)26(36)29(3,4)23(30)12-13-32(24,31)7/h18,21-25H,1,9-17H2,2-8H3,(H3,34,35,38)/b20-18-/t21-,22+,23-,24+,25+,30-,31+,32+,33-/m0/s1.